The zero-order valence-electron chi connectivity index (χ0n) is 32.4. The topological polar surface area (TPSA) is 79.8 Å². The standard InChI is InChI=1S/C33H43N5.C9H13N.Pt/c1-30(2,3)22-13-20(14-23(17-22)31(4,5)6)21-15-24(26-18-28(37-35-26)32(7,8)9)34-25(16-21)27-19-29(38-36-27)33(10,11)12;1-9(2,3)8-4-6-10-7-5-8;/h13-19H,1-12H3;4-7H,1-3H3;/q-2;;+2. The molecule has 0 saturated heterocycles. The van der Waals surface area contributed by atoms with Crippen molar-refractivity contribution in [3.05, 3.63) is 95.1 Å². The maximum atomic E-state index is 5.03. The zero-order valence-corrected chi connectivity index (χ0v) is 34.6. The number of aromatic nitrogens is 6. The van der Waals surface area contributed by atoms with Gasteiger partial charge in [-0.15, -0.1) is 0 Å². The maximum absolute atomic E-state index is 5.03. The predicted octanol–water partition coefficient (Wildman–Crippen LogP) is 10.4. The van der Waals surface area contributed by atoms with Crippen molar-refractivity contribution < 1.29 is 21.1 Å². The second-order valence-corrected chi connectivity index (χ2v) is 18.1. The summed E-state index contributed by atoms with van der Waals surface area (Å²) in [5.74, 6) is 0. The Hall–Kier alpha value is -3.37. The number of hydrogen-bond acceptors (Lipinski definition) is 4. The van der Waals surface area contributed by atoms with Crippen LogP contribution in [0.3, 0.4) is 0 Å². The Balaban J connectivity index is 0.000000508. The Morgan fingerprint density at radius 2 is 0.796 bits per heavy atom. The number of hydrogen-bond donors (Lipinski definition) is 0. The van der Waals surface area contributed by atoms with E-state index >= 15 is 0 Å². The summed E-state index contributed by atoms with van der Waals surface area (Å²) in [4.78, 5) is 8.99. The van der Waals surface area contributed by atoms with Crippen LogP contribution in [0.4, 0.5) is 0 Å². The Kier molecular flexibility index (Phi) is 11.8. The molecule has 49 heavy (non-hydrogen) atoms. The molecule has 5 rings (SSSR count). The smallest absolute Gasteiger partial charge is 0.573 e. The van der Waals surface area contributed by atoms with Crippen molar-refractivity contribution in [3.8, 4) is 33.9 Å². The number of benzene rings is 1. The van der Waals surface area contributed by atoms with E-state index in [9.17, 15) is 0 Å². The first kappa shape index (κ1) is 40.1. The zero-order chi connectivity index (χ0) is 35.9. The first-order chi connectivity index (χ1) is 21.9. The van der Waals surface area contributed by atoms with Gasteiger partial charge in [-0.1, -0.05) is 146 Å². The van der Waals surface area contributed by atoms with E-state index < -0.39 is 0 Å². The van der Waals surface area contributed by atoms with Crippen LogP contribution in [0, 0.1) is 0 Å². The van der Waals surface area contributed by atoms with Crippen LogP contribution in [-0.4, -0.2) is 20.2 Å². The molecular formula is C42H56N6Pt. The normalized spacial score (nSPS) is 12.6. The number of rotatable bonds is 3. The maximum Gasteiger partial charge on any atom is 2.00 e. The number of nitrogens with zero attached hydrogens (tertiary/aromatic N) is 6. The van der Waals surface area contributed by atoms with E-state index in [1.165, 1.54) is 22.3 Å². The molecule has 0 atom stereocenters. The van der Waals surface area contributed by atoms with Crippen molar-refractivity contribution in [2.24, 2.45) is 0 Å². The van der Waals surface area contributed by atoms with E-state index in [2.05, 4.69) is 184 Å². The van der Waals surface area contributed by atoms with Gasteiger partial charge in [0.2, 0.25) is 0 Å². The minimum Gasteiger partial charge on any atom is -0.573 e. The van der Waals surface area contributed by atoms with Gasteiger partial charge in [0.15, 0.2) is 0 Å². The Morgan fingerprint density at radius 3 is 1.10 bits per heavy atom. The third-order valence-corrected chi connectivity index (χ3v) is 8.51. The molecular weight excluding hydrogens is 784 g/mol. The van der Waals surface area contributed by atoms with Crippen LogP contribution >= 0.6 is 0 Å². The molecule has 0 radical (unpaired) electrons. The molecule has 4 heterocycles. The van der Waals surface area contributed by atoms with Crippen LogP contribution in [0.2, 0.25) is 0 Å². The van der Waals surface area contributed by atoms with E-state index in [1.807, 2.05) is 12.4 Å². The molecule has 0 aliphatic rings. The molecule has 0 N–H and O–H groups in total. The molecule has 0 aliphatic carbocycles. The van der Waals surface area contributed by atoms with Gasteiger partial charge in [0.05, 0.1) is 11.4 Å². The average molecular weight is 840 g/mol. The van der Waals surface area contributed by atoms with Crippen molar-refractivity contribution in [2.75, 3.05) is 0 Å². The summed E-state index contributed by atoms with van der Waals surface area (Å²) in [5, 5.41) is 18.0. The van der Waals surface area contributed by atoms with Gasteiger partial charge in [-0.05, 0) is 68.3 Å². The van der Waals surface area contributed by atoms with Gasteiger partial charge in [-0.2, -0.15) is 0 Å². The van der Waals surface area contributed by atoms with Crippen LogP contribution in [0.5, 0.6) is 0 Å². The molecule has 7 heteroatoms. The molecule has 0 aliphatic heterocycles. The van der Waals surface area contributed by atoms with Gasteiger partial charge in [0.1, 0.15) is 0 Å². The van der Waals surface area contributed by atoms with Gasteiger partial charge < -0.3 is 20.4 Å². The second kappa shape index (κ2) is 14.5. The van der Waals surface area contributed by atoms with Gasteiger partial charge in [0, 0.05) is 34.6 Å². The number of pyridine rings is 2. The predicted molar refractivity (Wildman–Crippen MR) is 201 cm³/mol. The molecule has 0 spiro atoms. The molecule has 1 aromatic carbocycles. The van der Waals surface area contributed by atoms with E-state index in [-0.39, 0.29) is 48.1 Å². The van der Waals surface area contributed by atoms with Crippen LogP contribution < -0.4 is 10.2 Å². The first-order valence-electron chi connectivity index (χ1n) is 17.0. The molecule has 0 amide bonds. The minimum atomic E-state index is -0.0902. The monoisotopic (exact) mass is 839 g/mol. The Bertz CT molecular complexity index is 1730. The fourth-order valence-corrected chi connectivity index (χ4v) is 5.05. The molecule has 0 fully saturated rings. The summed E-state index contributed by atoms with van der Waals surface area (Å²) in [5.41, 5.74) is 11.4. The quantitative estimate of drug-likeness (QED) is 0.180. The summed E-state index contributed by atoms with van der Waals surface area (Å²) in [6.07, 6.45) is 3.67. The average Bonchev–Trinajstić information content (AvgIpc) is 3.67. The van der Waals surface area contributed by atoms with Gasteiger partial charge in [-0.3, -0.25) is 9.97 Å². The van der Waals surface area contributed by atoms with E-state index in [0.717, 1.165) is 39.7 Å². The summed E-state index contributed by atoms with van der Waals surface area (Å²) in [6.45, 7) is 33.1. The van der Waals surface area contributed by atoms with Gasteiger partial charge >= 0.3 is 21.1 Å². The minimum absolute atomic E-state index is 0. The Labute approximate surface area is 310 Å². The van der Waals surface area contributed by atoms with Crippen LogP contribution in [0.15, 0.2) is 67.0 Å². The molecule has 0 unspecified atom stereocenters. The van der Waals surface area contributed by atoms with Crippen molar-refractivity contribution in [1.82, 2.24) is 30.4 Å². The van der Waals surface area contributed by atoms with E-state index in [1.54, 1.807) is 0 Å². The van der Waals surface area contributed by atoms with Crippen LogP contribution in [0.1, 0.15) is 132 Å². The van der Waals surface area contributed by atoms with E-state index in [0.29, 0.717) is 0 Å². The fourth-order valence-electron chi connectivity index (χ4n) is 5.05. The van der Waals surface area contributed by atoms with Crippen LogP contribution in [-0.2, 0) is 48.1 Å². The van der Waals surface area contributed by atoms with Crippen molar-refractivity contribution in [3.63, 3.8) is 0 Å². The summed E-state index contributed by atoms with van der Waals surface area (Å²) < 4.78 is 0. The van der Waals surface area contributed by atoms with Crippen molar-refractivity contribution >= 4 is 0 Å². The molecule has 6 nitrogen and oxygen atoms in total. The largest absolute Gasteiger partial charge is 2.00 e. The van der Waals surface area contributed by atoms with Gasteiger partial charge in [-0.25, -0.2) is 0 Å². The molecule has 0 saturated carbocycles. The summed E-state index contributed by atoms with van der Waals surface area (Å²) in [6, 6.07) is 19.5. The van der Waals surface area contributed by atoms with Gasteiger partial charge in [0.25, 0.3) is 0 Å². The third-order valence-electron chi connectivity index (χ3n) is 8.51. The first-order valence-corrected chi connectivity index (χ1v) is 17.0. The molecule has 4 aromatic heterocycles. The van der Waals surface area contributed by atoms with Crippen LogP contribution in [0.25, 0.3) is 33.9 Å². The Morgan fingerprint density at radius 1 is 0.429 bits per heavy atom. The van der Waals surface area contributed by atoms with Crippen molar-refractivity contribution in [2.45, 2.75) is 131 Å². The van der Waals surface area contributed by atoms with E-state index in [4.69, 9.17) is 4.98 Å². The SMILES string of the molecule is CC(C)(C)c1cc(-c2cc(-c3cc(C(C)(C)C)n[n-]3)nc(-c3cc(C(C)(C)C)n[n-]3)c2)cc(C(C)(C)C)c1.CC(C)(C)c1ccncc1.[Pt+2]. The molecule has 264 valence electrons. The molecule has 0 bridgehead atoms. The molecule has 5 aromatic rings. The summed E-state index contributed by atoms with van der Waals surface area (Å²) in [7, 11) is 0. The fraction of sp³-hybridized carbons (Fsp3) is 0.476. The third kappa shape index (κ3) is 10.3. The summed E-state index contributed by atoms with van der Waals surface area (Å²) >= 11 is 0. The second-order valence-electron chi connectivity index (χ2n) is 18.1. The van der Waals surface area contributed by atoms with Crippen molar-refractivity contribution in [1.29, 1.82) is 0 Å².